The monoisotopic (exact) mass is 336 g/mol. The molecule has 1 aliphatic heterocycles. The summed E-state index contributed by atoms with van der Waals surface area (Å²) >= 11 is 0. The van der Waals surface area contributed by atoms with Crippen LogP contribution in [0.1, 0.15) is 38.3 Å². The normalized spacial score (nSPS) is 18.7. The minimum absolute atomic E-state index is 0.540. The fraction of sp³-hybridized carbons (Fsp3) is 0.824. The second kappa shape index (κ2) is 9.01. The van der Waals surface area contributed by atoms with Gasteiger partial charge >= 0.3 is 0 Å². The van der Waals surface area contributed by atoms with Crippen LogP contribution >= 0.6 is 0 Å². The number of likely N-dealkylation sites (tertiary alicyclic amines) is 1. The molecule has 1 aromatic rings. The lowest BCUT2D eigenvalue weighted by Crippen LogP contribution is -2.41. The molecule has 0 saturated carbocycles. The number of aryl methyl sites for hydroxylation is 1. The number of methoxy groups -OCH3 is 1. The SMILES string of the molecule is COCCNC(=NCc1nnc(C)n1C)N1CCC(CC(C)C)C1. The Morgan fingerprint density at radius 3 is 2.83 bits per heavy atom. The molecule has 1 aliphatic rings. The molecular formula is C17H32N6O. The summed E-state index contributed by atoms with van der Waals surface area (Å²) in [4.78, 5) is 7.16. The van der Waals surface area contributed by atoms with Gasteiger partial charge in [0, 0.05) is 33.8 Å². The maximum atomic E-state index is 5.15. The first-order valence-electron chi connectivity index (χ1n) is 8.88. The van der Waals surface area contributed by atoms with Gasteiger partial charge in [-0.1, -0.05) is 13.8 Å². The highest BCUT2D eigenvalue weighted by Gasteiger charge is 2.25. The van der Waals surface area contributed by atoms with Gasteiger partial charge in [-0.3, -0.25) is 0 Å². The van der Waals surface area contributed by atoms with Crippen LogP contribution in [0, 0.1) is 18.8 Å². The highest BCUT2D eigenvalue weighted by Crippen LogP contribution is 2.23. The van der Waals surface area contributed by atoms with Gasteiger partial charge in [0.25, 0.3) is 0 Å². The number of guanidine groups is 1. The van der Waals surface area contributed by atoms with Crippen LogP contribution in [0.25, 0.3) is 0 Å². The predicted molar refractivity (Wildman–Crippen MR) is 95.9 cm³/mol. The predicted octanol–water partition coefficient (Wildman–Crippen LogP) is 1.58. The third-order valence-electron chi connectivity index (χ3n) is 4.53. The zero-order chi connectivity index (χ0) is 17.5. The molecule has 1 aromatic heterocycles. The highest BCUT2D eigenvalue weighted by atomic mass is 16.5. The summed E-state index contributed by atoms with van der Waals surface area (Å²) in [5, 5.41) is 11.7. The van der Waals surface area contributed by atoms with Crippen molar-refractivity contribution in [3.05, 3.63) is 11.6 Å². The number of aromatic nitrogens is 3. The fourth-order valence-electron chi connectivity index (χ4n) is 3.15. The van der Waals surface area contributed by atoms with Crippen LogP contribution in [0.4, 0.5) is 0 Å². The molecule has 2 heterocycles. The van der Waals surface area contributed by atoms with Crippen molar-refractivity contribution in [2.45, 2.75) is 40.2 Å². The van der Waals surface area contributed by atoms with E-state index in [4.69, 9.17) is 9.73 Å². The molecule has 0 spiro atoms. The lowest BCUT2D eigenvalue weighted by atomic mass is 9.97. The third-order valence-corrected chi connectivity index (χ3v) is 4.53. The molecule has 7 nitrogen and oxygen atoms in total. The second-order valence-corrected chi connectivity index (χ2v) is 7.01. The molecule has 0 aliphatic carbocycles. The van der Waals surface area contributed by atoms with Gasteiger partial charge in [0.1, 0.15) is 12.4 Å². The van der Waals surface area contributed by atoms with Gasteiger partial charge in [0.15, 0.2) is 11.8 Å². The molecule has 0 aromatic carbocycles. The van der Waals surface area contributed by atoms with E-state index in [0.29, 0.717) is 13.2 Å². The van der Waals surface area contributed by atoms with Crippen LogP contribution in [0.2, 0.25) is 0 Å². The number of hydrogen-bond acceptors (Lipinski definition) is 4. The Morgan fingerprint density at radius 1 is 1.42 bits per heavy atom. The van der Waals surface area contributed by atoms with Crippen molar-refractivity contribution in [2.24, 2.45) is 23.9 Å². The average Bonchev–Trinajstić information content (AvgIpc) is 3.11. The van der Waals surface area contributed by atoms with Gasteiger partial charge in [0.2, 0.25) is 0 Å². The number of hydrogen-bond donors (Lipinski definition) is 1. The van der Waals surface area contributed by atoms with Crippen molar-refractivity contribution in [1.82, 2.24) is 25.0 Å². The Kier molecular flexibility index (Phi) is 7.02. The first kappa shape index (κ1) is 18.7. The molecule has 2 rings (SSSR count). The van der Waals surface area contributed by atoms with Crippen molar-refractivity contribution in [3.8, 4) is 0 Å². The van der Waals surface area contributed by atoms with Crippen LogP contribution in [0.15, 0.2) is 4.99 Å². The smallest absolute Gasteiger partial charge is 0.194 e. The standard InChI is InChI=1S/C17H32N6O/c1-13(2)10-15-6-8-23(12-15)17(18-7-9-24-5)19-11-16-21-20-14(3)22(16)4/h13,15H,6-12H2,1-5H3,(H,18,19). The summed E-state index contributed by atoms with van der Waals surface area (Å²) < 4.78 is 7.14. The molecule has 0 bridgehead atoms. The van der Waals surface area contributed by atoms with Crippen LogP contribution in [-0.4, -0.2) is 59.0 Å². The molecule has 1 atom stereocenters. The number of aliphatic imine (C=N–C) groups is 1. The van der Waals surface area contributed by atoms with E-state index in [1.165, 1.54) is 12.8 Å². The summed E-state index contributed by atoms with van der Waals surface area (Å²) in [6.45, 7) is 10.7. The summed E-state index contributed by atoms with van der Waals surface area (Å²) in [6.07, 6.45) is 2.52. The van der Waals surface area contributed by atoms with Gasteiger partial charge in [-0.25, -0.2) is 4.99 Å². The van der Waals surface area contributed by atoms with Crippen molar-refractivity contribution >= 4 is 5.96 Å². The van der Waals surface area contributed by atoms with E-state index >= 15 is 0 Å². The van der Waals surface area contributed by atoms with Crippen molar-refractivity contribution in [3.63, 3.8) is 0 Å². The lowest BCUT2D eigenvalue weighted by molar-refractivity contribution is 0.203. The zero-order valence-corrected chi connectivity index (χ0v) is 15.7. The second-order valence-electron chi connectivity index (χ2n) is 7.01. The molecule has 7 heteroatoms. The molecule has 0 radical (unpaired) electrons. The van der Waals surface area contributed by atoms with Crippen molar-refractivity contribution in [1.29, 1.82) is 0 Å². The number of nitrogens with zero attached hydrogens (tertiary/aromatic N) is 5. The van der Waals surface area contributed by atoms with E-state index in [9.17, 15) is 0 Å². The van der Waals surface area contributed by atoms with Gasteiger partial charge in [-0.2, -0.15) is 0 Å². The van der Waals surface area contributed by atoms with Gasteiger partial charge in [0.05, 0.1) is 6.61 Å². The molecule has 136 valence electrons. The maximum absolute atomic E-state index is 5.15. The van der Waals surface area contributed by atoms with Crippen LogP contribution < -0.4 is 5.32 Å². The first-order chi connectivity index (χ1) is 11.5. The maximum Gasteiger partial charge on any atom is 0.194 e. The van der Waals surface area contributed by atoms with E-state index in [1.807, 2.05) is 18.5 Å². The van der Waals surface area contributed by atoms with Crippen molar-refractivity contribution in [2.75, 3.05) is 33.4 Å². The molecular weight excluding hydrogens is 304 g/mol. The highest BCUT2D eigenvalue weighted by molar-refractivity contribution is 5.80. The Morgan fingerprint density at radius 2 is 2.21 bits per heavy atom. The lowest BCUT2D eigenvalue weighted by Gasteiger charge is -2.22. The minimum Gasteiger partial charge on any atom is -0.383 e. The average molecular weight is 336 g/mol. The van der Waals surface area contributed by atoms with E-state index in [0.717, 1.165) is 49.1 Å². The van der Waals surface area contributed by atoms with E-state index in [-0.39, 0.29) is 0 Å². The van der Waals surface area contributed by atoms with E-state index in [2.05, 4.69) is 34.3 Å². The minimum atomic E-state index is 0.540. The summed E-state index contributed by atoms with van der Waals surface area (Å²) in [6, 6.07) is 0. The largest absolute Gasteiger partial charge is 0.383 e. The van der Waals surface area contributed by atoms with E-state index in [1.54, 1.807) is 7.11 Å². The number of rotatable bonds is 7. The Hall–Kier alpha value is -1.63. The van der Waals surface area contributed by atoms with Gasteiger partial charge in [-0.15, -0.1) is 10.2 Å². The Labute approximate surface area is 145 Å². The van der Waals surface area contributed by atoms with Crippen LogP contribution in [0.5, 0.6) is 0 Å². The van der Waals surface area contributed by atoms with Gasteiger partial charge < -0.3 is 19.5 Å². The summed E-state index contributed by atoms with van der Waals surface area (Å²) in [5.41, 5.74) is 0. The summed E-state index contributed by atoms with van der Waals surface area (Å²) in [7, 11) is 3.70. The van der Waals surface area contributed by atoms with Crippen molar-refractivity contribution < 1.29 is 4.74 Å². The Bertz CT molecular complexity index is 539. The number of nitrogens with one attached hydrogen (secondary N) is 1. The molecule has 0 amide bonds. The summed E-state index contributed by atoms with van der Waals surface area (Å²) in [5.74, 6) is 4.26. The van der Waals surface area contributed by atoms with Crippen LogP contribution in [0.3, 0.4) is 0 Å². The molecule has 1 saturated heterocycles. The Balaban J connectivity index is 2.01. The van der Waals surface area contributed by atoms with Gasteiger partial charge in [-0.05, 0) is 31.6 Å². The third kappa shape index (κ3) is 5.19. The molecule has 1 unspecified atom stereocenters. The number of ether oxygens (including phenoxy) is 1. The fourth-order valence-corrected chi connectivity index (χ4v) is 3.15. The molecule has 24 heavy (non-hydrogen) atoms. The quantitative estimate of drug-likeness (QED) is 0.465. The van der Waals surface area contributed by atoms with E-state index < -0.39 is 0 Å². The molecule has 1 N–H and O–H groups in total. The topological polar surface area (TPSA) is 67.6 Å². The zero-order valence-electron chi connectivity index (χ0n) is 15.7. The van der Waals surface area contributed by atoms with Crippen LogP contribution in [-0.2, 0) is 18.3 Å². The first-order valence-corrected chi connectivity index (χ1v) is 8.88. The molecule has 1 fully saturated rings.